The largest absolute Gasteiger partial charge is 0.386 e. The number of hydrogen-bond donors (Lipinski definition) is 2. The highest BCUT2D eigenvalue weighted by Crippen LogP contribution is 2.36. The number of nitrogens with one attached hydrogen (secondary N) is 1. The molecule has 0 aromatic heterocycles. The van der Waals surface area contributed by atoms with E-state index in [1.54, 1.807) is 11.8 Å². The van der Waals surface area contributed by atoms with E-state index in [9.17, 15) is 0 Å². The minimum Gasteiger partial charge on any atom is -0.386 e. The van der Waals surface area contributed by atoms with Crippen molar-refractivity contribution >= 4 is 29.0 Å². The molecule has 1 aromatic carbocycles. The summed E-state index contributed by atoms with van der Waals surface area (Å²) in [6, 6.07) is 8.05. The second-order valence-corrected chi connectivity index (χ2v) is 8.43. The molecule has 5 heteroatoms. The molecule has 4 nitrogen and oxygen atoms in total. The highest BCUT2D eigenvalue weighted by molar-refractivity contribution is 8.03. The Kier molecular flexibility index (Phi) is 5.04. The lowest BCUT2D eigenvalue weighted by Crippen LogP contribution is -2.41. The van der Waals surface area contributed by atoms with E-state index in [1.165, 1.54) is 36.9 Å². The summed E-state index contributed by atoms with van der Waals surface area (Å²) in [5.74, 6) is 0.746. The molecule has 1 aromatic rings. The topological polar surface area (TPSA) is 53.6 Å². The van der Waals surface area contributed by atoms with Gasteiger partial charge in [0, 0.05) is 24.3 Å². The van der Waals surface area contributed by atoms with Crippen LogP contribution < -0.4 is 16.0 Å². The lowest BCUT2D eigenvalue weighted by atomic mass is 9.90. The molecule has 2 heterocycles. The van der Waals surface area contributed by atoms with Crippen LogP contribution in [0.5, 0.6) is 0 Å². The number of rotatable bonds is 4. The van der Waals surface area contributed by atoms with Crippen molar-refractivity contribution in [3.8, 4) is 0 Å². The fraction of sp³-hybridized carbons (Fsp3) is 0.550. The molecule has 1 unspecified atom stereocenters. The van der Waals surface area contributed by atoms with E-state index < -0.39 is 0 Å². The van der Waals surface area contributed by atoms with Gasteiger partial charge in [-0.1, -0.05) is 6.08 Å². The van der Waals surface area contributed by atoms with Crippen LogP contribution in [0.25, 0.3) is 0 Å². The van der Waals surface area contributed by atoms with Crippen molar-refractivity contribution in [1.82, 2.24) is 5.32 Å². The van der Waals surface area contributed by atoms with Crippen molar-refractivity contribution in [1.29, 1.82) is 0 Å². The second kappa shape index (κ2) is 7.42. The highest BCUT2D eigenvalue weighted by Gasteiger charge is 2.29. The molecule has 0 saturated heterocycles. The van der Waals surface area contributed by atoms with Crippen LogP contribution >= 0.6 is 11.8 Å². The molecule has 0 radical (unpaired) electrons. The van der Waals surface area contributed by atoms with Gasteiger partial charge in [-0.15, -0.1) is 11.8 Å². The minimum absolute atomic E-state index is 0.312. The Balaban J connectivity index is 1.46. The van der Waals surface area contributed by atoms with Gasteiger partial charge in [-0.25, -0.2) is 4.99 Å². The van der Waals surface area contributed by atoms with Gasteiger partial charge in [0.05, 0.1) is 10.9 Å². The van der Waals surface area contributed by atoms with Crippen LogP contribution in [0.2, 0.25) is 0 Å². The Morgan fingerprint density at radius 2 is 2.12 bits per heavy atom. The number of benzene rings is 1. The summed E-state index contributed by atoms with van der Waals surface area (Å²) >= 11 is 1.77. The van der Waals surface area contributed by atoms with Crippen molar-refractivity contribution in [3.63, 3.8) is 0 Å². The van der Waals surface area contributed by atoms with Gasteiger partial charge in [0.1, 0.15) is 5.84 Å². The number of nitrogens with zero attached hydrogens (tertiary/aromatic N) is 2. The molecule has 1 fully saturated rings. The molecule has 25 heavy (non-hydrogen) atoms. The van der Waals surface area contributed by atoms with Crippen LogP contribution in [-0.2, 0) is 6.42 Å². The van der Waals surface area contributed by atoms with Crippen molar-refractivity contribution in [2.75, 3.05) is 18.5 Å². The minimum atomic E-state index is 0.312. The van der Waals surface area contributed by atoms with E-state index >= 15 is 0 Å². The molecule has 1 saturated carbocycles. The molecule has 4 rings (SSSR count). The van der Waals surface area contributed by atoms with E-state index in [0.29, 0.717) is 17.3 Å². The number of aliphatic imine (C=N–C) groups is 1. The third-order valence-corrected chi connectivity index (χ3v) is 6.93. The average molecular weight is 357 g/mol. The first-order valence-corrected chi connectivity index (χ1v) is 10.4. The molecule has 0 spiro atoms. The fourth-order valence-corrected chi connectivity index (χ4v) is 5.16. The van der Waals surface area contributed by atoms with E-state index in [1.807, 2.05) is 0 Å². The lowest BCUT2D eigenvalue weighted by molar-refractivity contribution is 0.347. The smallest absolute Gasteiger partial charge is 0.113 e. The van der Waals surface area contributed by atoms with Gasteiger partial charge in [-0.2, -0.15) is 0 Å². The molecular weight excluding hydrogens is 328 g/mol. The van der Waals surface area contributed by atoms with Gasteiger partial charge in [-0.3, -0.25) is 0 Å². The molecule has 1 aliphatic carbocycles. The Bertz CT molecular complexity index is 668. The average Bonchev–Trinajstić information content (AvgIpc) is 3.31. The second-order valence-electron chi connectivity index (χ2n) is 7.32. The summed E-state index contributed by atoms with van der Waals surface area (Å²) in [5.41, 5.74) is 10.1. The summed E-state index contributed by atoms with van der Waals surface area (Å²) in [7, 11) is 2.09. The summed E-state index contributed by atoms with van der Waals surface area (Å²) < 4.78 is 0. The first-order chi connectivity index (χ1) is 12.2. The predicted octanol–water partition coefficient (Wildman–Crippen LogP) is 3.59. The summed E-state index contributed by atoms with van der Waals surface area (Å²) in [6.07, 6.45) is 9.46. The maximum atomic E-state index is 6.20. The van der Waals surface area contributed by atoms with E-state index in [4.69, 9.17) is 5.73 Å². The number of thioether (sulfide) groups is 1. The van der Waals surface area contributed by atoms with Crippen molar-refractivity contribution in [2.45, 2.75) is 55.9 Å². The molecule has 1 atom stereocenters. The van der Waals surface area contributed by atoms with Crippen LogP contribution in [0.15, 0.2) is 34.7 Å². The number of amidine groups is 1. The van der Waals surface area contributed by atoms with Crippen LogP contribution in [-0.4, -0.2) is 36.8 Å². The summed E-state index contributed by atoms with van der Waals surface area (Å²) in [6.45, 7) is 1.15. The van der Waals surface area contributed by atoms with Crippen LogP contribution in [0.1, 0.15) is 37.7 Å². The van der Waals surface area contributed by atoms with Gasteiger partial charge >= 0.3 is 0 Å². The van der Waals surface area contributed by atoms with Crippen LogP contribution in [0.4, 0.5) is 11.4 Å². The maximum Gasteiger partial charge on any atom is 0.113 e. The molecule has 0 amide bonds. The standard InChI is InChI=1S/C20H28N4S/c1-22-15-4-7-17(8-5-15)24-11-10-14-13-16(6-9-18(14)24)23-20(21)19-3-2-12-25-19/h2,6,9,12-13,15,17,19,22H,3-5,7-8,10-11H2,1H3,(H2,21,23). The Morgan fingerprint density at radius 3 is 2.84 bits per heavy atom. The first-order valence-electron chi connectivity index (χ1n) is 9.46. The Morgan fingerprint density at radius 1 is 1.28 bits per heavy atom. The summed E-state index contributed by atoms with van der Waals surface area (Å²) in [4.78, 5) is 7.32. The zero-order valence-corrected chi connectivity index (χ0v) is 15.8. The summed E-state index contributed by atoms with van der Waals surface area (Å²) in [5, 5.41) is 5.87. The number of anilines is 1. The molecule has 0 bridgehead atoms. The maximum absolute atomic E-state index is 6.20. The fourth-order valence-electron chi connectivity index (χ4n) is 4.34. The number of fused-ring (bicyclic) bond motifs is 1. The SMILES string of the molecule is CNC1CCC(N2CCc3cc(N=C(N)C4CC=CS4)ccc32)CC1. The number of hydrogen-bond acceptors (Lipinski definition) is 4. The van der Waals surface area contributed by atoms with Gasteiger partial charge < -0.3 is 16.0 Å². The molecule has 3 aliphatic rings. The zero-order chi connectivity index (χ0) is 17.2. The highest BCUT2D eigenvalue weighted by atomic mass is 32.2. The lowest BCUT2D eigenvalue weighted by Gasteiger charge is -2.36. The van der Waals surface area contributed by atoms with Crippen LogP contribution in [0.3, 0.4) is 0 Å². The van der Waals surface area contributed by atoms with Crippen molar-refractivity contribution in [3.05, 3.63) is 35.2 Å². The molecule has 3 N–H and O–H groups in total. The first kappa shape index (κ1) is 17.0. The quantitative estimate of drug-likeness (QED) is 0.639. The van der Waals surface area contributed by atoms with Crippen LogP contribution in [0, 0.1) is 0 Å². The monoisotopic (exact) mass is 356 g/mol. The Labute approximate surface area is 155 Å². The molecule has 134 valence electrons. The molecular formula is C20H28N4S. The van der Waals surface area contributed by atoms with E-state index in [-0.39, 0.29) is 0 Å². The van der Waals surface area contributed by atoms with E-state index in [2.05, 4.69) is 51.9 Å². The van der Waals surface area contributed by atoms with Gasteiger partial charge in [0.15, 0.2) is 0 Å². The normalized spacial score (nSPS) is 29.2. The number of allylic oxidation sites excluding steroid dienone is 1. The third-order valence-electron chi connectivity index (χ3n) is 5.82. The van der Waals surface area contributed by atoms with Crippen molar-refractivity contribution < 1.29 is 0 Å². The third kappa shape index (κ3) is 3.58. The molecule has 2 aliphatic heterocycles. The predicted molar refractivity (Wildman–Crippen MR) is 109 cm³/mol. The zero-order valence-electron chi connectivity index (χ0n) is 14.9. The number of nitrogens with two attached hydrogens (primary N) is 1. The van der Waals surface area contributed by atoms with Crippen molar-refractivity contribution in [2.24, 2.45) is 10.7 Å². The van der Waals surface area contributed by atoms with Gasteiger partial charge in [-0.05, 0) is 74.7 Å². The van der Waals surface area contributed by atoms with Gasteiger partial charge in [0.25, 0.3) is 0 Å². The Hall–Kier alpha value is -1.46. The van der Waals surface area contributed by atoms with E-state index in [0.717, 1.165) is 30.9 Å². The van der Waals surface area contributed by atoms with Gasteiger partial charge in [0.2, 0.25) is 0 Å².